The molecule has 256 valence electrons. The second kappa shape index (κ2) is 12.1. The molecule has 4 aliphatic rings. The smallest absolute Gasteiger partial charge is 0.0619 e. The van der Waals surface area contributed by atoms with Crippen LogP contribution in [0.1, 0.15) is 44.5 Å². The summed E-state index contributed by atoms with van der Waals surface area (Å²) in [4.78, 5) is 0. The highest BCUT2D eigenvalue weighted by Gasteiger charge is 2.53. The molecule has 0 saturated carbocycles. The van der Waals surface area contributed by atoms with Crippen LogP contribution in [0.5, 0.6) is 0 Å². The van der Waals surface area contributed by atoms with Gasteiger partial charge >= 0.3 is 0 Å². The number of halogens is 4. The van der Waals surface area contributed by atoms with E-state index < -0.39 is 0 Å². The Morgan fingerprint density at radius 2 is 0.426 bits per heavy atom. The van der Waals surface area contributed by atoms with E-state index in [-0.39, 0.29) is 10.8 Å². The van der Waals surface area contributed by atoms with E-state index in [0.717, 1.165) is 17.9 Å². The summed E-state index contributed by atoms with van der Waals surface area (Å²) in [7, 11) is 0. The number of hydrogen-bond acceptors (Lipinski definition) is 0. The molecule has 8 aromatic rings. The minimum atomic E-state index is -0.337. The highest BCUT2D eigenvalue weighted by molar-refractivity contribution is 9.11. The number of rotatable bonds is 0. The fraction of sp³-hybridized carbons (Fsp3) is 0.0400. The van der Waals surface area contributed by atoms with Gasteiger partial charge in [-0.1, -0.05) is 185 Å². The summed E-state index contributed by atoms with van der Waals surface area (Å²) in [5, 5.41) is 0. The van der Waals surface area contributed by atoms with Crippen LogP contribution in [0.2, 0.25) is 0 Å². The third kappa shape index (κ3) is 4.29. The second-order valence-corrected chi connectivity index (χ2v) is 18.1. The lowest BCUT2D eigenvalue weighted by Crippen LogP contribution is -2.26. The number of fused-ring (bicyclic) bond motifs is 20. The van der Waals surface area contributed by atoms with E-state index in [9.17, 15) is 0 Å². The van der Waals surface area contributed by atoms with E-state index in [1.165, 1.54) is 89.0 Å². The summed E-state index contributed by atoms with van der Waals surface area (Å²) in [5.41, 5.74) is 21.1. The number of hydrogen-bond donors (Lipinski definition) is 0. The molecule has 0 saturated heterocycles. The number of benzene rings is 8. The van der Waals surface area contributed by atoms with Crippen molar-refractivity contribution >= 4 is 63.7 Å². The first-order valence-electron chi connectivity index (χ1n) is 18.0. The molecule has 0 unspecified atom stereocenters. The van der Waals surface area contributed by atoms with Gasteiger partial charge in [-0.05, 0) is 138 Å². The van der Waals surface area contributed by atoms with Crippen LogP contribution < -0.4 is 0 Å². The van der Waals surface area contributed by atoms with Gasteiger partial charge in [-0.3, -0.25) is 0 Å². The molecule has 0 aromatic heterocycles. The maximum atomic E-state index is 3.74. The quantitative estimate of drug-likeness (QED) is 0.142. The zero-order valence-corrected chi connectivity index (χ0v) is 35.0. The van der Waals surface area contributed by atoms with E-state index in [1.54, 1.807) is 0 Å². The lowest BCUT2D eigenvalue weighted by Gasteiger charge is -2.31. The van der Waals surface area contributed by atoms with E-state index >= 15 is 0 Å². The SMILES string of the molecule is Brc1ccc2c(c1)C1(c3cc(Br)ccc3-2)c2cc(Br)ccc2-c2ccc(Br)cc21.c1ccc2c(c1)-c1ccccc1C21c2ccccc2-c2ccccc21. The van der Waals surface area contributed by atoms with Crippen molar-refractivity contribution in [1.82, 2.24) is 0 Å². The highest BCUT2D eigenvalue weighted by Crippen LogP contribution is 2.65. The Balaban J connectivity index is 0.000000128. The van der Waals surface area contributed by atoms with Crippen molar-refractivity contribution in [2.24, 2.45) is 0 Å². The van der Waals surface area contributed by atoms with Crippen LogP contribution in [0.4, 0.5) is 0 Å². The van der Waals surface area contributed by atoms with Gasteiger partial charge in [0.1, 0.15) is 0 Å². The first-order chi connectivity index (χ1) is 26.4. The molecule has 4 heteroatoms. The molecule has 0 nitrogen and oxygen atoms in total. The summed E-state index contributed by atoms with van der Waals surface area (Å²) in [5.74, 6) is 0. The lowest BCUT2D eigenvalue weighted by molar-refractivity contribution is 0.791. The average Bonchev–Trinajstić information content (AvgIpc) is 3.86. The van der Waals surface area contributed by atoms with Crippen LogP contribution in [-0.2, 0) is 10.8 Å². The fourth-order valence-corrected chi connectivity index (χ4v) is 11.6. The molecule has 0 N–H and O–H groups in total. The molecule has 54 heavy (non-hydrogen) atoms. The van der Waals surface area contributed by atoms with Crippen LogP contribution in [0.3, 0.4) is 0 Å². The van der Waals surface area contributed by atoms with Crippen molar-refractivity contribution in [2.45, 2.75) is 10.8 Å². The van der Waals surface area contributed by atoms with Gasteiger partial charge in [0.2, 0.25) is 0 Å². The van der Waals surface area contributed by atoms with Crippen molar-refractivity contribution in [3.8, 4) is 44.5 Å². The molecule has 2 spiro atoms. The van der Waals surface area contributed by atoms with Crippen molar-refractivity contribution in [1.29, 1.82) is 0 Å². The first-order valence-corrected chi connectivity index (χ1v) is 21.2. The van der Waals surface area contributed by atoms with Gasteiger partial charge in [0, 0.05) is 17.9 Å². The predicted molar refractivity (Wildman–Crippen MR) is 236 cm³/mol. The third-order valence-corrected chi connectivity index (χ3v) is 14.0. The molecular weight excluding hydrogens is 920 g/mol. The van der Waals surface area contributed by atoms with E-state index in [0.29, 0.717) is 0 Å². The average molecular weight is 948 g/mol. The van der Waals surface area contributed by atoms with E-state index in [4.69, 9.17) is 0 Å². The minimum Gasteiger partial charge on any atom is -0.0619 e. The maximum absolute atomic E-state index is 3.74. The zero-order valence-electron chi connectivity index (χ0n) is 28.7. The third-order valence-electron chi connectivity index (χ3n) is 12.0. The van der Waals surface area contributed by atoms with Gasteiger partial charge in [-0.15, -0.1) is 0 Å². The Labute approximate surface area is 348 Å². The first kappa shape index (κ1) is 33.1. The van der Waals surface area contributed by atoms with Crippen LogP contribution in [0.15, 0.2) is 188 Å². The fourth-order valence-electron chi connectivity index (χ4n) is 10.2. The molecule has 0 amide bonds. The summed E-state index contributed by atoms with van der Waals surface area (Å²) >= 11 is 14.9. The van der Waals surface area contributed by atoms with Crippen molar-refractivity contribution in [3.05, 3.63) is 232 Å². The normalized spacial score (nSPS) is 14.6. The second-order valence-electron chi connectivity index (χ2n) is 14.4. The summed E-state index contributed by atoms with van der Waals surface area (Å²) in [6, 6.07) is 62.4. The van der Waals surface area contributed by atoms with Gasteiger partial charge in [-0.2, -0.15) is 0 Å². The Bertz CT molecular complexity index is 2500. The molecular formula is C50H28Br4. The van der Waals surface area contributed by atoms with Crippen LogP contribution in [0.25, 0.3) is 44.5 Å². The zero-order chi connectivity index (χ0) is 36.3. The molecule has 0 atom stereocenters. The van der Waals surface area contributed by atoms with Crippen LogP contribution in [-0.4, -0.2) is 0 Å². The van der Waals surface area contributed by atoms with Crippen LogP contribution in [0, 0.1) is 0 Å². The molecule has 4 aliphatic carbocycles. The summed E-state index contributed by atoms with van der Waals surface area (Å²) in [6.45, 7) is 0. The molecule has 0 fully saturated rings. The molecule has 0 aliphatic heterocycles. The predicted octanol–water partition coefficient (Wildman–Crippen LogP) is 15.1. The van der Waals surface area contributed by atoms with E-state index in [1.807, 2.05) is 0 Å². The summed E-state index contributed by atoms with van der Waals surface area (Å²) in [6.07, 6.45) is 0. The molecule has 12 rings (SSSR count). The minimum absolute atomic E-state index is 0.180. The molecule has 8 aromatic carbocycles. The lowest BCUT2D eigenvalue weighted by atomic mass is 9.70. The van der Waals surface area contributed by atoms with Gasteiger partial charge < -0.3 is 0 Å². The Kier molecular flexibility index (Phi) is 7.40. The Morgan fingerprint density at radius 1 is 0.222 bits per heavy atom. The van der Waals surface area contributed by atoms with Crippen LogP contribution >= 0.6 is 63.7 Å². The molecule has 0 heterocycles. The largest absolute Gasteiger partial charge is 0.0727 e. The standard InChI is InChI=1S/C25H12Br4.C25H16/c26-13-1-5-17-18-6-2-14(27)10-22(18)25(21(17)9-13)23-11-15(28)3-7-19(23)20-8-4-16(29)12-24(20)25;1-5-13-21-17(9-1)18-10-2-6-14-22(18)25(21)23-15-7-3-11-19(23)20-12-4-8-16-24(20)25/h1-12H;1-16H. The topological polar surface area (TPSA) is 0 Å². The Hall–Kier alpha value is -4.32. The Morgan fingerprint density at radius 3 is 0.685 bits per heavy atom. The van der Waals surface area contributed by atoms with Crippen molar-refractivity contribution in [3.63, 3.8) is 0 Å². The van der Waals surface area contributed by atoms with Gasteiger partial charge in [0.25, 0.3) is 0 Å². The molecule has 0 bridgehead atoms. The van der Waals surface area contributed by atoms with Gasteiger partial charge in [-0.25, -0.2) is 0 Å². The monoisotopic (exact) mass is 944 g/mol. The maximum Gasteiger partial charge on any atom is 0.0727 e. The van der Waals surface area contributed by atoms with Gasteiger partial charge in [0.15, 0.2) is 0 Å². The van der Waals surface area contributed by atoms with Gasteiger partial charge in [0.05, 0.1) is 10.8 Å². The van der Waals surface area contributed by atoms with Crippen molar-refractivity contribution < 1.29 is 0 Å². The highest BCUT2D eigenvalue weighted by atomic mass is 79.9. The van der Waals surface area contributed by atoms with E-state index in [2.05, 4.69) is 234 Å². The summed E-state index contributed by atoms with van der Waals surface area (Å²) < 4.78 is 4.40. The molecule has 0 radical (unpaired) electrons. The van der Waals surface area contributed by atoms with Crippen molar-refractivity contribution in [2.75, 3.05) is 0 Å².